The summed E-state index contributed by atoms with van der Waals surface area (Å²) in [4.78, 5) is 0. The van der Waals surface area contributed by atoms with Crippen LogP contribution in [0.1, 0.15) is 32.6 Å². The van der Waals surface area contributed by atoms with E-state index < -0.39 is 0 Å². The Balaban J connectivity index is -0.0000000822. The molecule has 0 spiro atoms. The second-order valence-corrected chi connectivity index (χ2v) is 4.07. The van der Waals surface area contributed by atoms with E-state index >= 15 is 0 Å². The first kappa shape index (κ1) is 32.7. The minimum absolute atomic E-state index is 0.718. The second-order valence-electron chi connectivity index (χ2n) is 3.36. The quantitative estimate of drug-likeness (QED) is 0.437. The van der Waals surface area contributed by atoms with Crippen molar-refractivity contribution in [2.75, 3.05) is 7.11 Å². The molecule has 0 aliphatic heterocycles. The molecule has 1 unspecified atom stereocenters. The molecule has 118 valence electrons. The Labute approximate surface area is 139 Å². The predicted octanol–water partition coefficient (Wildman–Crippen LogP) is 2.26. The van der Waals surface area contributed by atoms with Crippen LogP contribution >= 0.6 is 0 Å². The zero-order valence-electron chi connectivity index (χ0n) is 12.3. The Morgan fingerprint density at radius 1 is 1.09 bits per heavy atom. The summed E-state index contributed by atoms with van der Waals surface area (Å²) in [5.41, 5.74) is 1.53. The van der Waals surface area contributed by atoms with E-state index in [4.69, 9.17) is 28.0 Å². The number of ether oxygens (including phenoxy) is 1. The van der Waals surface area contributed by atoms with Gasteiger partial charge in [0.05, 0.1) is 0 Å². The molecule has 22 heavy (non-hydrogen) atoms. The van der Waals surface area contributed by atoms with Gasteiger partial charge in [0.2, 0.25) is 0 Å². The van der Waals surface area contributed by atoms with E-state index in [0.717, 1.165) is 16.9 Å². The summed E-state index contributed by atoms with van der Waals surface area (Å²) in [6.45, 7) is 24.7. The van der Waals surface area contributed by atoms with Crippen LogP contribution in [0.25, 0.3) is 0 Å². The fourth-order valence-electron chi connectivity index (χ4n) is 1.64. The third-order valence-electron chi connectivity index (χ3n) is 2.51. The van der Waals surface area contributed by atoms with E-state index in [9.17, 15) is 0 Å². The third kappa shape index (κ3) is 23.9. The van der Waals surface area contributed by atoms with Gasteiger partial charge in [-0.25, -0.2) is 0 Å². The number of rotatable bonds is 3. The molecule has 0 saturated carbocycles. The molecule has 0 radical (unpaired) electrons. The van der Waals surface area contributed by atoms with Crippen LogP contribution in [0.2, 0.25) is 0 Å². The molecule has 0 heterocycles. The van der Waals surface area contributed by atoms with Crippen molar-refractivity contribution in [1.29, 1.82) is 0 Å². The Kier molecular flexibility index (Phi) is 54.6. The van der Waals surface area contributed by atoms with Gasteiger partial charge in [-0.05, 0) is 0 Å². The van der Waals surface area contributed by atoms with Crippen molar-refractivity contribution >= 4 is 4.57 Å². The van der Waals surface area contributed by atoms with Gasteiger partial charge in [0.1, 0.15) is 0 Å². The van der Waals surface area contributed by atoms with E-state index in [-0.39, 0.29) is 0 Å². The average molecular weight is 344 g/mol. The van der Waals surface area contributed by atoms with Gasteiger partial charge in [-0.2, -0.15) is 0 Å². The fourth-order valence-corrected chi connectivity index (χ4v) is 1.95. The summed E-state index contributed by atoms with van der Waals surface area (Å²) in [6.07, 6.45) is 7.32. The van der Waals surface area contributed by atoms with Crippen molar-refractivity contribution in [1.82, 2.24) is 0 Å². The van der Waals surface area contributed by atoms with Gasteiger partial charge in [-0.1, -0.05) is 0 Å². The Bertz CT molecular complexity index is 341. The van der Waals surface area contributed by atoms with Gasteiger partial charge >= 0.3 is 139 Å². The number of hydrogen-bond acceptors (Lipinski definition) is 1. The standard InChI is InChI=1S/C10H16O.5CO.Cr/c1-9-5-3-4-6-10(9)7-8-11-2;5*1-2;/h5,10H,3-4,6-7H2,1-2H3;;;;;;. The van der Waals surface area contributed by atoms with Crippen LogP contribution in [-0.4, -0.2) is 11.7 Å². The van der Waals surface area contributed by atoms with E-state index in [1.807, 2.05) is 0 Å². The molecular weight excluding hydrogens is 328 g/mol. The maximum absolute atomic E-state index is 7.50. The summed E-state index contributed by atoms with van der Waals surface area (Å²) >= 11 is 2.96. The number of methoxy groups -OCH3 is 1. The molecule has 1 aliphatic rings. The molecular formula is C15H16CrO6. The van der Waals surface area contributed by atoms with Gasteiger partial charge in [0, 0.05) is 0 Å². The third-order valence-corrected chi connectivity index (χ3v) is 3.03. The number of allylic oxidation sites excluding steroid dienone is 2. The zero-order chi connectivity index (χ0) is 19.0. The van der Waals surface area contributed by atoms with Crippen LogP contribution in [0, 0.1) is 39.2 Å². The van der Waals surface area contributed by atoms with E-state index in [0.29, 0.717) is 0 Å². The van der Waals surface area contributed by atoms with Crippen LogP contribution in [0.3, 0.4) is 0 Å². The second kappa shape index (κ2) is 36.7. The maximum atomic E-state index is 7.50. The van der Waals surface area contributed by atoms with Crippen molar-refractivity contribution in [2.24, 2.45) is 5.92 Å². The summed E-state index contributed by atoms with van der Waals surface area (Å²) < 4.78 is 43.7. The van der Waals surface area contributed by atoms with Gasteiger partial charge < -0.3 is 0 Å². The summed E-state index contributed by atoms with van der Waals surface area (Å²) in [5, 5.41) is 0. The van der Waals surface area contributed by atoms with Crippen LogP contribution in [-0.2, 0) is 43.8 Å². The monoisotopic (exact) mass is 344 g/mol. The number of hydrogen-bond donors (Lipinski definition) is 0. The Morgan fingerprint density at radius 3 is 1.82 bits per heavy atom. The van der Waals surface area contributed by atoms with Gasteiger partial charge in [0.25, 0.3) is 0 Å². The van der Waals surface area contributed by atoms with E-state index in [2.05, 4.69) is 62.1 Å². The fraction of sp³-hybridized carbons (Fsp3) is 0.467. The van der Waals surface area contributed by atoms with Gasteiger partial charge in [-0.15, -0.1) is 0 Å². The molecule has 7 heteroatoms. The van der Waals surface area contributed by atoms with Crippen LogP contribution < -0.4 is 0 Å². The van der Waals surface area contributed by atoms with E-state index in [1.165, 1.54) is 24.8 Å². The molecule has 1 rings (SSSR count). The van der Waals surface area contributed by atoms with E-state index in [1.54, 1.807) is 7.11 Å². The molecule has 0 saturated heterocycles. The van der Waals surface area contributed by atoms with Crippen LogP contribution in [0.15, 0.2) is 11.6 Å². The normalized spacial score (nSPS) is 13.3. The topological polar surface area (TPSA) is 109 Å². The molecule has 0 aromatic heterocycles. The predicted molar refractivity (Wildman–Crippen MR) is 67.4 cm³/mol. The molecule has 0 bridgehead atoms. The molecule has 0 N–H and O–H groups in total. The first-order chi connectivity index (χ1) is 10.7. The Hall–Kier alpha value is -1.20. The first-order valence-electron chi connectivity index (χ1n) is 5.49. The first-order valence-corrected chi connectivity index (χ1v) is 6.13. The Morgan fingerprint density at radius 2 is 1.50 bits per heavy atom. The molecule has 1 atom stereocenters. The summed E-state index contributed by atoms with van der Waals surface area (Å²) in [5.74, 6) is 0.718. The average Bonchev–Trinajstić information content (AvgIpc) is 2.65. The molecule has 0 fully saturated rings. The molecule has 0 amide bonds. The van der Waals surface area contributed by atoms with Crippen LogP contribution in [0.5, 0.6) is 0 Å². The molecule has 1 aliphatic carbocycles. The van der Waals surface area contributed by atoms with Crippen molar-refractivity contribution in [3.8, 4) is 0 Å². The summed E-state index contributed by atoms with van der Waals surface area (Å²) in [7, 11) is 1.73. The van der Waals surface area contributed by atoms with Gasteiger partial charge in [-0.3, -0.25) is 0 Å². The van der Waals surface area contributed by atoms with Crippen molar-refractivity contribution in [2.45, 2.75) is 32.6 Å². The molecule has 6 nitrogen and oxygen atoms in total. The molecule has 0 aromatic carbocycles. The molecule has 0 aromatic rings. The zero-order valence-corrected chi connectivity index (χ0v) is 13.6. The van der Waals surface area contributed by atoms with Crippen molar-refractivity contribution in [3.05, 3.63) is 44.9 Å². The van der Waals surface area contributed by atoms with Crippen LogP contribution in [0.4, 0.5) is 0 Å². The minimum atomic E-state index is 0.718. The van der Waals surface area contributed by atoms with Gasteiger partial charge in [0.15, 0.2) is 0 Å². The SMILES string of the molecule is CO[C](=[Cr])CC1CCCC=C1C.[C-]#[O+].[C-]#[O+].[C-]#[O+].[C-]#[O+].[C-]#[O+]. The van der Waals surface area contributed by atoms with Crippen molar-refractivity contribution in [3.63, 3.8) is 0 Å². The summed E-state index contributed by atoms with van der Waals surface area (Å²) in [6, 6.07) is 0. The van der Waals surface area contributed by atoms with Crippen molar-refractivity contribution < 1.29 is 43.8 Å².